The normalized spacial score (nSPS) is 18.5. The Morgan fingerprint density at radius 3 is 2.62 bits per heavy atom. The summed E-state index contributed by atoms with van der Waals surface area (Å²) in [7, 11) is 0. The Bertz CT molecular complexity index is 1140. The molecule has 0 radical (unpaired) electrons. The lowest BCUT2D eigenvalue weighted by molar-refractivity contribution is -0.119. The molecule has 2 aliphatic rings. The van der Waals surface area contributed by atoms with Crippen LogP contribution in [0.2, 0.25) is 0 Å². The molecule has 1 saturated heterocycles. The largest absolute Gasteiger partial charge is 0.492 e. The van der Waals surface area contributed by atoms with Gasteiger partial charge in [-0.3, -0.25) is 19.6 Å². The molecule has 0 atom stereocenters. The van der Waals surface area contributed by atoms with E-state index in [-0.39, 0.29) is 5.91 Å². The van der Waals surface area contributed by atoms with E-state index in [0.29, 0.717) is 6.61 Å². The first kappa shape index (κ1) is 20.9. The van der Waals surface area contributed by atoms with Crippen molar-refractivity contribution in [2.24, 2.45) is 0 Å². The summed E-state index contributed by atoms with van der Waals surface area (Å²) < 4.78 is 5.98. The lowest BCUT2D eigenvalue weighted by Crippen LogP contribution is -2.47. The van der Waals surface area contributed by atoms with E-state index in [1.165, 1.54) is 5.39 Å². The van der Waals surface area contributed by atoms with Gasteiger partial charge >= 0.3 is 0 Å². The summed E-state index contributed by atoms with van der Waals surface area (Å²) in [5.41, 5.74) is 3.62. The number of anilines is 1. The van der Waals surface area contributed by atoms with Gasteiger partial charge < -0.3 is 10.1 Å². The third-order valence-corrected chi connectivity index (χ3v) is 6.66. The second kappa shape index (κ2) is 8.52. The highest BCUT2D eigenvalue weighted by atomic mass is 16.5. The number of fused-ring (bicyclic) bond motifs is 2. The number of hydrogen-bond donors (Lipinski definition) is 1. The average Bonchev–Trinajstić information content (AvgIpc) is 3.02. The number of aromatic nitrogens is 1. The SMILES string of the molecule is CC1(C)C(=O)Nc2cc(OCCN3CCN(Cc4ccc5ccccc5n4)CC3)ccc21. The molecule has 0 spiro atoms. The maximum Gasteiger partial charge on any atom is 0.234 e. The van der Waals surface area contributed by atoms with Gasteiger partial charge in [-0.1, -0.05) is 30.3 Å². The van der Waals surface area contributed by atoms with Crippen LogP contribution >= 0.6 is 0 Å². The maximum atomic E-state index is 12.1. The first-order chi connectivity index (χ1) is 15.5. The number of rotatable bonds is 6. The number of nitrogens with zero attached hydrogens (tertiary/aromatic N) is 3. The second-order valence-corrected chi connectivity index (χ2v) is 9.25. The first-order valence-corrected chi connectivity index (χ1v) is 11.4. The predicted molar refractivity (Wildman–Crippen MR) is 127 cm³/mol. The molecule has 2 aromatic carbocycles. The minimum Gasteiger partial charge on any atom is -0.492 e. The highest BCUT2D eigenvalue weighted by molar-refractivity contribution is 6.05. The van der Waals surface area contributed by atoms with Crippen molar-refractivity contribution in [1.82, 2.24) is 14.8 Å². The van der Waals surface area contributed by atoms with Gasteiger partial charge in [-0.2, -0.15) is 0 Å². The van der Waals surface area contributed by atoms with Gasteiger partial charge in [0.15, 0.2) is 0 Å². The number of ether oxygens (including phenoxy) is 1. The molecule has 0 unspecified atom stereocenters. The number of hydrogen-bond acceptors (Lipinski definition) is 5. The van der Waals surface area contributed by atoms with Gasteiger partial charge in [-0.05, 0) is 37.6 Å². The van der Waals surface area contributed by atoms with Crippen molar-refractivity contribution >= 4 is 22.5 Å². The molecular formula is C26H30N4O2. The van der Waals surface area contributed by atoms with Crippen molar-refractivity contribution in [2.75, 3.05) is 44.6 Å². The fraction of sp³-hybridized carbons (Fsp3) is 0.385. The highest BCUT2D eigenvalue weighted by Crippen LogP contribution is 2.39. The van der Waals surface area contributed by atoms with Gasteiger partial charge in [0.1, 0.15) is 12.4 Å². The molecule has 0 aliphatic carbocycles. The third-order valence-electron chi connectivity index (χ3n) is 6.66. The van der Waals surface area contributed by atoms with E-state index in [4.69, 9.17) is 9.72 Å². The Morgan fingerprint density at radius 1 is 1.00 bits per heavy atom. The van der Waals surface area contributed by atoms with Crippen molar-refractivity contribution in [3.05, 3.63) is 65.9 Å². The molecule has 3 heterocycles. The van der Waals surface area contributed by atoms with Crippen LogP contribution in [-0.4, -0.2) is 60.0 Å². The maximum absolute atomic E-state index is 12.1. The Kier molecular flexibility index (Phi) is 5.57. The average molecular weight is 431 g/mol. The summed E-state index contributed by atoms with van der Waals surface area (Å²) in [6.45, 7) is 10.5. The smallest absolute Gasteiger partial charge is 0.234 e. The number of benzene rings is 2. The Balaban J connectivity index is 1.08. The van der Waals surface area contributed by atoms with E-state index in [1.807, 2.05) is 38.1 Å². The Morgan fingerprint density at radius 2 is 1.78 bits per heavy atom. The summed E-state index contributed by atoms with van der Waals surface area (Å²) in [6, 6.07) is 18.5. The zero-order valence-corrected chi connectivity index (χ0v) is 18.8. The van der Waals surface area contributed by atoms with E-state index < -0.39 is 5.41 Å². The minimum absolute atomic E-state index is 0.0430. The number of nitrogens with one attached hydrogen (secondary N) is 1. The van der Waals surface area contributed by atoms with E-state index in [1.54, 1.807) is 0 Å². The van der Waals surface area contributed by atoms with Crippen molar-refractivity contribution in [3.63, 3.8) is 0 Å². The number of amides is 1. The summed E-state index contributed by atoms with van der Waals surface area (Å²) in [5.74, 6) is 0.851. The van der Waals surface area contributed by atoms with Crippen LogP contribution in [-0.2, 0) is 16.8 Å². The van der Waals surface area contributed by atoms with E-state index in [0.717, 1.165) is 67.5 Å². The Hall–Kier alpha value is -2.96. The molecule has 6 heteroatoms. The zero-order valence-electron chi connectivity index (χ0n) is 18.8. The molecule has 0 bridgehead atoms. The molecule has 1 amide bonds. The van der Waals surface area contributed by atoms with Gasteiger partial charge in [0.05, 0.1) is 16.6 Å². The van der Waals surface area contributed by atoms with Crippen molar-refractivity contribution in [3.8, 4) is 5.75 Å². The summed E-state index contributed by atoms with van der Waals surface area (Å²) in [4.78, 5) is 21.8. The van der Waals surface area contributed by atoms with E-state index in [2.05, 4.69) is 45.4 Å². The minimum atomic E-state index is -0.476. The van der Waals surface area contributed by atoms with Crippen LogP contribution in [0.15, 0.2) is 54.6 Å². The predicted octanol–water partition coefficient (Wildman–Crippen LogP) is 3.66. The molecule has 166 valence electrons. The van der Waals surface area contributed by atoms with Gasteiger partial charge in [-0.15, -0.1) is 0 Å². The number of carbonyl (C=O) groups excluding carboxylic acids is 1. The van der Waals surface area contributed by atoms with Gasteiger partial charge in [0, 0.05) is 56.4 Å². The molecule has 2 aliphatic heterocycles. The summed E-state index contributed by atoms with van der Waals surface area (Å²) in [6.07, 6.45) is 0. The molecule has 1 fully saturated rings. The third kappa shape index (κ3) is 4.20. The molecule has 5 rings (SSSR count). The second-order valence-electron chi connectivity index (χ2n) is 9.25. The molecule has 32 heavy (non-hydrogen) atoms. The van der Waals surface area contributed by atoms with Crippen molar-refractivity contribution in [2.45, 2.75) is 25.8 Å². The van der Waals surface area contributed by atoms with Crippen LogP contribution in [0.25, 0.3) is 10.9 Å². The molecule has 0 saturated carbocycles. The molecular weight excluding hydrogens is 400 g/mol. The van der Waals surface area contributed by atoms with Crippen LogP contribution in [0.5, 0.6) is 5.75 Å². The number of pyridine rings is 1. The van der Waals surface area contributed by atoms with Crippen molar-refractivity contribution < 1.29 is 9.53 Å². The van der Waals surface area contributed by atoms with Gasteiger partial charge in [-0.25, -0.2) is 0 Å². The van der Waals surface area contributed by atoms with Crippen LogP contribution in [0.3, 0.4) is 0 Å². The van der Waals surface area contributed by atoms with E-state index >= 15 is 0 Å². The molecule has 1 N–H and O–H groups in total. The number of carbonyl (C=O) groups is 1. The Labute approximate surface area is 189 Å². The van der Waals surface area contributed by atoms with Crippen LogP contribution < -0.4 is 10.1 Å². The summed E-state index contributed by atoms with van der Waals surface area (Å²) in [5, 5.41) is 4.15. The zero-order chi connectivity index (χ0) is 22.1. The fourth-order valence-corrected chi connectivity index (χ4v) is 4.55. The molecule has 6 nitrogen and oxygen atoms in total. The van der Waals surface area contributed by atoms with E-state index in [9.17, 15) is 4.79 Å². The van der Waals surface area contributed by atoms with Gasteiger partial charge in [0.25, 0.3) is 0 Å². The highest BCUT2D eigenvalue weighted by Gasteiger charge is 2.38. The fourth-order valence-electron chi connectivity index (χ4n) is 4.55. The standard InChI is InChI=1S/C26H30N4O2/c1-26(2)22-10-9-21(17-24(22)28-25(26)31)32-16-15-29-11-13-30(14-12-29)18-20-8-7-19-5-3-4-6-23(19)27-20/h3-10,17H,11-16,18H2,1-2H3,(H,28,31). The van der Waals surface area contributed by atoms with Crippen LogP contribution in [0.1, 0.15) is 25.1 Å². The lowest BCUT2D eigenvalue weighted by Gasteiger charge is -2.34. The first-order valence-electron chi connectivity index (χ1n) is 11.4. The topological polar surface area (TPSA) is 57.7 Å². The van der Waals surface area contributed by atoms with Gasteiger partial charge in [0.2, 0.25) is 5.91 Å². The quantitative estimate of drug-likeness (QED) is 0.647. The number of piperazine rings is 1. The molecule has 3 aromatic rings. The molecule has 1 aromatic heterocycles. The number of para-hydroxylation sites is 1. The van der Waals surface area contributed by atoms with Crippen molar-refractivity contribution in [1.29, 1.82) is 0 Å². The summed E-state index contributed by atoms with van der Waals surface area (Å²) >= 11 is 0. The van der Waals surface area contributed by atoms with Crippen LogP contribution in [0.4, 0.5) is 5.69 Å². The monoisotopic (exact) mass is 430 g/mol. The van der Waals surface area contributed by atoms with Crippen LogP contribution in [0, 0.1) is 0 Å². The lowest BCUT2D eigenvalue weighted by atomic mass is 9.86.